The molecule has 0 saturated carbocycles. The summed E-state index contributed by atoms with van der Waals surface area (Å²) in [6, 6.07) is 0. The van der Waals surface area contributed by atoms with E-state index >= 15 is 0 Å². The highest BCUT2D eigenvalue weighted by molar-refractivity contribution is 5.92. The number of rotatable bonds is 7. The first-order valence-electron chi connectivity index (χ1n) is 5.83. The van der Waals surface area contributed by atoms with Gasteiger partial charge in [0.15, 0.2) is 0 Å². The second kappa shape index (κ2) is 7.44. The smallest absolute Gasteiger partial charge is 0.307 e. The first-order chi connectivity index (χ1) is 8.67. The Labute approximate surface area is 105 Å². The Hall–Kier alpha value is -1.89. The van der Waals surface area contributed by atoms with Crippen LogP contribution in [-0.2, 0) is 16.1 Å². The molecule has 1 aromatic heterocycles. The van der Waals surface area contributed by atoms with Gasteiger partial charge in [-0.25, -0.2) is 4.98 Å². The number of nitrogens with two attached hydrogens (primary N) is 1. The van der Waals surface area contributed by atoms with Gasteiger partial charge < -0.3 is 20.4 Å². The zero-order chi connectivity index (χ0) is 13.4. The van der Waals surface area contributed by atoms with E-state index in [0.29, 0.717) is 25.4 Å². The Morgan fingerprint density at radius 1 is 1.56 bits per heavy atom. The number of aromatic nitrogens is 2. The maximum absolute atomic E-state index is 11.6. The minimum atomic E-state index is -0.327. The maximum atomic E-state index is 11.6. The lowest BCUT2D eigenvalue weighted by molar-refractivity contribution is -0.142. The van der Waals surface area contributed by atoms with E-state index in [0.717, 1.165) is 0 Å². The average Bonchev–Trinajstić information content (AvgIpc) is 2.78. The molecule has 1 heterocycles. The fourth-order valence-corrected chi connectivity index (χ4v) is 1.35. The number of hydrogen-bond donors (Lipinski definition) is 2. The van der Waals surface area contributed by atoms with Gasteiger partial charge in [0, 0.05) is 25.8 Å². The first kappa shape index (κ1) is 14.2. The normalized spacial score (nSPS) is 10.1. The summed E-state index contributed by atoms with van der Waals surface area (Å²) < 4.78 is 6.48. The van der Waals surface area contributed by atoms with Crippen molar-refractivity contribution in [2.75, 3.05) is 19.7 Å². The molecule has 0 aromatic carbocycles. The van der Waals surface area contributed by atoms with Gasteiger partial charge in [0.25, 0.3) is 5.91 Å². The molecule has 0 fully saturated rings. The third-order valence-electron chi connectivity index (χ3n) is 2.17. The number of nitrogens with one attached hydrogen (secondary N) is 1. The number of esters is 1. The van der Waals surface area contributed by atoms with Crippen LogP contribution in [0.5, 0.6) is 0 Å². The molecule has 7 heteroatoms. The molecule has 3 N–H and O–H groups in total. The van der Waals surface area contributed by atoms with Crippen LogP contribution in [0, 0.1) is 0 Å². The molecule has 7 nitrogen and oxygen atoms in total. The van der Waals surface area contributed by atoms with Gasteiger partial charge in [-0.1, -0.05) is 0 Å². The first-order valence-corrected chi connectivity index (χ1v) is 5.83. The van der Waals surface area contributed by atoms with Crippen molar-refractivity contribution in [1.82, 2.24) is 14.9 Å². The number of hydrogen-bond acceptors (Lipinski definition) is 5. The number of carbonyl (C=O) groups is 2. The second-order valence-corrected chi connectivity index (χ2v) is 3.60. The van der Waals surface area contributed by atoms with E-state index < -0.39 is 0 Å². The molecule has 1 aromatic rings. The van der Waals surface area contributed by atoms with E-state index in [9.17, 15) is 9.59 Å². The van der Waals surface area contributed by atoms with Crippen LogP contribution in [0.1, 0.15) is 23.8 Å². The summed E-state index contributed by atoms with van der Waals surface area (Å²) in [6.45, 7) is 3.42. The summed E-state index contributed by atoms with van der Waals surface area (Å²) >= 11 is 0. The zero-order valence-corrected chi connectivity index (χ0v) is 10.4. The zero-order valence-electron chi connectivity index (χ0n) is 10.4. The highest BCUT2D eigenvalue weighted by Gasteiger charge is 2.09. The maximum Gasteiger partial charge on any atom is 0.307 e. The lowest BCUT2D eigenvalue weighted by atomic mass is 10.4. The molecule has 18 heavy (non-hydrogen) atoms. The van der Waals surface area contributed by atoms with Crippen LogP contribution in [0.2, 0.25) is 0 Å². The van der Waals surface area contributed by atoms with Crippen molar-refractivity contribution < 1.29 is 14.3 Å². The van der Waals surface area contributed by atoms with Crippen molar-refractivity contribution in [1.29, 1.82) is 0 Å². The molecule has 0 aliphatic heterocycles. The molecule has 0 unspecified atom stereocenters. The van der Waals surface area contributed by atoms with Gasteiger partial charge in [-0.2, -0.15) is 0 Å². The van der Waals surface area contributed by atoms with Gasteiger partial charge in [-0.05, 0) is 6.92 Å². The van der Waals surface area contributed by atoms with E-state index in [4.69, 9.17) is 10.5 Å². The molecule has 0 saturated heterocycles. The van der Waals surface area contributed by atoms with Gasteiger partial charge in [0.2, 0.25) is 0 Å². The van der Waals surface area contributed by atoms with Gasteiger partial charge in [0.05, 0.1) is 19.4 Å². The van der Waals surface area contributed by atoms with Crippen molar-refractivity contribution in [3.8, 4) is 0 Å². The Bertz CT molecular complexity index is 403. The number of carbonyl (C=O) groups excluding carboxylic acids is 2. The van der Waals surface area contributed by atoms with Crippen LogP contribution in [0.15, 0.2) is 12.5 Å². The van der Waals surface area contributed by atoms with Crippen molar-refractivity contribution in [2.45, 2.75) is 19.9 Å². The molecule has 0 aliphatic rings. The molecule has 0 atom stereocenters. The summed E-state index contributed by atoms with van der Waals surface area (Å²) in [5, 5.41) is 2.60. The summed E-state index contributed by atoms with van der Waals surface area (Å²) in [6.07, 6.45) is 3.32. The predicted octanol–water partition coefficient (Wildman–Crippen LogP) is -0.475. The third kappa shape index (κ3) is 4.54. The van der Waals surface area contributed by atoms with Crippen molar-refractivity contribution in [2.24, 2.45) is 5.73 Å². The van der Waals surface area contributed by atoms with Crippen LogP contribution in [0.25, 0.3) is 0 Å². The van der Waals surface area contributed by atoms with Gasteiger partial charge in [0.1, 0.15) is 5.69 Å². The Morgan fingerprint density at radius 2 is 2.33 bits per heavy atom. The summed E-state index contributed by atoms with van der Waals surface area (Å²) in [5.41, 5.74) is 5.70. The average molecular weight is 254 g/mol. The quantitative estimate of drug-likeness (QED) is 0.640. The standard InChI is InChI=1S/C11H18N4O3/c1-2-18-10(16)3-5-13-11(17)9-7-15(6-4-12)8-14-9/h7-8H,2-6,12H2,1H3,(H,13,17). The minimum absolute atomic E-state index is 0.156. The predicted molar refractivity (Wildman–Crippen MR) is 64.9 cm³/mol. The van der Waals surface area contributed by atoms with Gasteiger partial charge in [-0.15, -0.1) is 0 Å². The van der Waals surface area contributed by atoms with Crippen LogP contribution < -0.4 is 11.1 Å². The topological polar surface area (TPSA) is 99.2 Å². The summed E-state index contributed by atoms with van der Waals surface area (Å²) in [4.78, 5) is 26.6. The van der Waals surface area contributed by atoms with Crippen LogP contribution in [0.3, 0.4) is 0 Å². The monoisotopic (exact) mass is 254 g/mol. The highest BCUT2D eigenvalue weighted by atomic mass is 16.5. The molecule has 100 valence electrons. The highest BCUT2D eigenvalue weighted by Crippen LogP contribution is 1.96. The lowest BCUT2D eigenvalue weighted by Crippen LogP contribution is -2.26. The molecule has 0 spiro atoms. The fraction of sp³-hybridized carbons (Fsp3) is 0.545. The van der Waals surface area contributed by atoms with E-state index in [-0.39, 0.29) is 24.8 Å². The molecular weight excluding hydrogens is 236 g/mol. The van der Waals surface area contributed by atoms with Crippen molar-refractivity contribution in [3.05, 3.63) is 18.2 Å². The second-order valence-electron chi connectivity index (χ2n) is 3.60. The number of imidazole rings is 1. The van der Waals surface area contributed by atoms with Crippen LogP contribution in [-0.4, -0.2) is 41.1 Å². The SMILES string of the molecule is CCOC(=O)CCNC(=O)c1cn(CCN)cn1. The minimum Gasteiger partial charge on any atom is -0.466 e. The molecule has 0 aliphatic carbocycles. The van der Waals surface area contributed by atoms with Gasteiger partial charge >= 0.3 is 5.97 Å². The van der Waals surface area contributed by atoms with Crippen molar-refractivity contribution >= 4 is 11.9 Å². The molecular formula is C11H18N4O3. The van der Waals surface area contributed by atoms with Crippen molar-refractivity contribution in [3.63, 3.8) is 0 Å². The Morgan fingerprint density at radius 3 is 3.00 bits per heavy atom. The van der Waals surface area contributed by atoms with E-state index in [1.165, 1.54) is 0 Å². The third-order valence-corrected chi connectivity index (χ3v) is 2.17. The number of amides is 1. The van der Waals surface area contributed by atoms with E-state index in [1.54, 1.807) is 24.0 Å². The van der Waals surface area contributed by atoms with Gasteiger partial charge in [-0.3, -0.25) is 9.59 Å². The number of nitrogens with zero attached hydrogens (tertiary/aromatic N) is 2. The largest absolute Gasteiger partial charge is 0.466 e. The molecule has 0 bridgehead atoms. The lowest BCUT2D eigenvalue weighted by Gasteiger charge is -2.03. The van der Waals surface area contributed by atoms with E-state index in [1.807, 2.05) is 0 Å². The fourth-order valence-electron chi connectivity index (χ4n) is 1.35. The molecule has 1 amide bonds. The van der Waals surface area contributed by atoms with E-state index in [2.05, 4.69) is 10.3 Å². The Balaban J connectivity index is 2.33. The van der Waals surface area contributed by atoms with Crippen LogP contribution >= 0.6 is 0 Å². The van der Waals surface area contributed by atoms with Crippen LogP contribution in [0.4, 0.5) is 0 Å². The molecule has 0 radical (unpaired) electrons. The molecule has 1 rings (SSSR count). The summed E-state index contributed by atoms with van der Waals surface area (Å²) in [5.74, 6) is -0.637. The summed E-state index contributed by atoms with van der Waals surface area (Å²) in [7, 11) is 0. The number of ether oxygens (including phenoxy) is 1. The Kier molecular flexibility index (Phi) is 5.86.